The standard InChI is InChI=1S/C26H25F2N5O3/c27-25(28)20-16-18(36-15-12-32-10-13-35-14-11-32)7-8-22(20)33-17-30-21-5-3-4-19(24(21)33)26(34)31-23-6-1-2-9-29-23/h1-9,16-17,25H,10-15H2,(H,29,31,34). The number of alkyl halides is 2. The van der Waals surface area contributed by atoms with E-state index in [1.54, 1.807) is 54.7 Å². The SMILES string of the molecule is O=C(Nc1ccccn1)c1cccc2ncn(-c3ccc(OCCN4CCOCC4)cc3C(F)F)c12. The smallest absolute Gasteiger partial charge is 0.266 e. The van der Waals surface area contributed by atoms with Crippen molar-refractivity contribution in [1.82, 2.24) is 19.4 Å². The lowest BCUT2D eigenvalue weighted by atomic mass is 10.1. The molecule has 3 heterocycles. The largest absolute Gasteiger partial charge is 0.492 e. The highest BCUT2D eigenvalue weighted by Crippen LogP contribution is 2.32. The molecule has 10 heteroatoms. The second-order valence-electron chi connectivity index (χ2n) is 8.28. The Labute approximate surface area is 206 Å². The Morgan fingerprint density at radius 2 is 1.94 bits per heavy atom. The molecule has 1 saturated heterocycles. The van der Waals surface area contributed by atoms with Gasteiger partial charge in [0, 0.05) is 31.4 Å². The van der Waals surface area contributed by atoms with E-state index in [2.05, 4.69) is 20.2 Å². The molecule has 0 spiro atoms. The molecule has 0 atom stereocenters. The van der Waals surface area contributed by atoms with Crippen LogP contribution in [0.3, 0.4) is 0 Å². The second-order valence-corrected chi connectivity index (χ2v) is 8.28. The number of morpholine rings is 1. The molecular formula is C26H25F2N5O3. The molecule has 36 heavy (non-hydrogen) atoms. The molecule has 4 aromatic rings. The van der Waals surface area contributed by atoms with E-state index >= 15 is 0 Å². The van der Waals surface area contributed by atoms with E-state index in [1.807, 2.05) is 0 Å². The summed E-state index contributed by atoms with van der Waals surface area (Å²) in [7, 11) is 0. The van der Waals surface area contributed by atoms with E-state index in [0.717, 1.165) is 13.1 Å². The summed E-state index contributed by atoms with van der Waals surface area (Å²) in [6.07, 6.45) is 0.261. The first-order chi connectivity index (χ1) is 17.6. The lowest BCUT2D eigenvalue weighted by Crippen LogP contribution is -2.38. The van der Waals surface area contributed by atoms with Gasteiger partial charge in [0.25, 0.3) is 12.3 Å². The molecule has 1 N–H and O–H groups in total. The van der Waals surface area contributed by atoms with Crippen molar-refractivity contribution in [3.05, 3.63) is 78.2 Å². The van der Waals surface area contributed by atoms with Gasteiger partial charge in [-0.25, -0.2) is 18.7 Å². The Morgan fingerprint density at radius 3 is 2.72 bits per heavy atom. The molecular weight excluding hydrogens is 468 g/mol. The van der Waals surface area contributed by atoms with Crippen LogP contribution in [0.15, 0.2) is 67.1 Å². The minimum absolute atomic E-state index is 0.210. The van der Waals surface area contributed by atoms with Gasteiger partial charge in [0.15, 0.2) is 0 Å². The van der Waals surface area contributed by atoms with Crippen LogP contribution in [0.5, 0.6) is 5.75 Å². The molecule has 2 aromatic heterocycles. The number of anilines is 1. The van der Waals surface area contributed by atoms with Crippen LogP contribution >= 0.6 is 0 Å². The minimum Gasteiger partial charge on any atom is -0.492 e. The topological polar surface area (TPSA) is 81.5 Å². The maximum atomic E-state index is 14.2. The van der Waals surface area contributed by atoms with Crippen molar-refractivity contribution in [3.8, 4) is 11.4 Å². The van der Waals surface area contributed by atoms with Gasteiger partial charge in [0.2, 0.25) is 0 Å². The second kappa shape index (κ2) is 10.8. The van der Waals surface area contributed by atoms with Gasteiger partial charge in [-0.2, -0.15) is 0 Å². The molecule has 186 valence electrons. The average molecular weight is 494 g/mol. The van der Waals surface area contributed by atoms with Crippen molar-refractivity contribution in [2.45, 2.75) is 6.43 Å². The summed E-state index contributed by atoms with van der Waals surface area (Å²) >= 11 is 0. The van der Waals surface area contributed by atoms with Crippen molar-refractivity contribution < 1.29 is 23.0 Å². The van der Waals surface area contributed by atoms with Crippen LogP contribution in [-0.2, 0) is 4.74 Å². The fourth-order valence-corrected chi connectivity index (χ4v) is 4.19. The Hall–Kier alpha value is -3.89. The summed E-state index contributed by atoms with van der Waals surface area (Å²) < 4.78 is 40.9. The summed E-state index contributed by atoms with van der Waals surface area (Å²) in [5.74, 6) is 0.333. The van der Waals surface area contributed by atoms with Gasteiger partial charge in [0.05, 0.1) is 35.5 Å². The number of imidazole rings is 1. The summed E-state index contributed by atoms with van der Waals surface area (Å²) in [6.45, 7) is 4.10. The van der Waals surface area contributed by atoms with E-state index in [-0.39, 0.29) is 11.3 Å². The van der Waals surface area contributed by atoms with E-state index < -0.39 is 12.3 Å². The van der Waals surface area contributed by atoms with E-state index in [0.29, 0.717) is 54.5 Å². The highest BCUT2D eigenvalue weighted by Gasteiger charge is 2.21. The number of fused-ring (bicyclic) bond motifs is 1. The van der Waals surface area contributed by atoms with Gasteiger partial charge in [-0.15, -0.1) is 0 Å². The number of nitrogens with zero attached hydrogens (tertiary/aromatic N) is 4. The van der Waals surface area contributed by atoms with Crippen LogP contribution in [-0.4, -0.2) is 64.8 Å². The Morgan fingerprint density at radius 1 is 1.08 bits per heavy atom. The molecule has 8 nitrogen and oxygen atoms in total. The van der Waals surface area contributed by atoms with Crippen LogP contribution in [0.2, 0.25) is 0 Å². The molecule has 0 aliphatic carbocycles. The first kappa shape index (κ1) is 23.8. The van der Waals surface area contributed by atoms with Gasteiger partial charge >= 0.3 is 0 Å². The lowest BCUT2D eigenvalue weighted by Gasteiger charge is -2.26. The number of hydrogen-bond acceptors (Lipinski definition) is 6. The van der Waals surface area contributed by atoms with E-state index in [4.69, 9.17) is 9.47 Å². The number of amides is 1. The highest BCUT2D eigenvalue weighted by atomic mass is 19.3. The third kappa shape index (κ3) is 5.19. The van der Waals surface area contributed by atoms with Gasteiger partial charge in [-0.3, -0.25) is 14.3 Å². The third-order valence-electron chi connectivity index (χ3n) is 5.99. The zero-order chi connectivity index (χ0) is 24.9. The molecule has 5 rings (SSSR count). The molecule has 0 saturated carbocycles. The summed E-state index contributed by atoms with van der Waals surface area (Å²) in [4.78, 5) is 23.7. The number of para-hydroxylation sites is 1. The van der Waals surface area contributed by atoms with Crippen LogP contribution < -0.4 is 10.1 Å². The normalized spacial score (nSPS) is 14.3. The monoisotopic (exact) mass is 493 g/mol. The quantitative estimate of drug-likeness (QED) is 0.394. The number of carbonyl (C=O) groups is 1. The van der Waals surface area contributed by atoms with Crippen molar-refractivity contribution in [3.63, 3.8) is 0 Å². The maximum absolute atomic E-state index is 14.2. The Kier molecular flexibility index (Phi) is 7.15. The van der Waals surface area contributed by atoms with Crippen LogP contribution in [0, 0.1) is 0 Å². The van der Waals surface area contributed by atoms with E-state index in [1.165, 1.54) is 17.0 Å². The van der Waals surface area contributed by atoms with Gasteiger partial charge < -0.3 is 14.8 Å². The number of ether oxygens (including phenoxy) is 2. The molecule has 0 unspecified atom stereocenters. The van der Waals surface area contributed by atoms with Gasteiger partial charge in [-0.1, -0.05) is 12.1 Å². The number of benzene rings is 2. The molecule has 1 aliphatic rings. The number of nitrogens with one attached hydrogen (secondary N) is 1. The Bertz CT molecular complexity index is 1340. The molecule has 0 bridgehead atoms. The molecule has 1 aliphatic heterocycles. The van der Waals surface area contributed by atoms with Crippen LogP contribution in [0.1, 0.15) is 22.3 Å². The third-order valence-corrected chi connectivity index (χ3v) is 5.99. The Balaban J connectivity index is 1.43. The number of rotatable bonds is 8. The predicted octanol–water partition coefficient (Wildman–Crippen LogP) is 4.32. The minimum atomic E-state index is -2.75. The number of pyridine rings is 1. The van der Waals surface area contributed by atoms with Gasteiger partial charge in [-0.05, 0) is 42.5 Å². The number of aromatic nitrogens is 3. The summed E-state index contributed by atoms with van der Waals surface area (Å²) in [5, 5.41) is 2.74. The molecule has 1 amide bonds. The van der Waals surface area contributed by atoms with Crippen molar-refractivity contribution in [1.29, 1.82) is 0 Å². The van der Waals surface area contributed by atoms with Crippen molar-refractivity contribution >= 4 is 22.8 Å². The van der Waals surface area contributed by atoms with Crippen LogP contribution in [0.25, 0.3) is 16.7 Å². The number of carbonyl (C=O) groups excluding carboxylic acids is 1. The lowest BCUT2D eigenvalue weighted by molar-refractivity contribution is 0.0322. The summed E-state index contributed by atoms with van der Waals surface area (Å²) in [5.41, 5.74) is 1.24. The van der Waals surface area contributed by atoms with Crippen molar-refractivity contribution in [2.24, 2.45) is 0 Å². The van der Waals surface area contributed by atoms with Crippen molar-refractivity contribution in [2.75, 3.05) is 44.8 Å². The van der Waals surface area contributed by atoms with Crippen LogP contribution in [0.4, 0.5) is 14.6 Å². The predicted molar refractivity (Wildman–Crippen MR) is 131 cm³/mol. The zero-order valence-electron chi connectivity index (χ0n) is 19.4. The first-order valence-electron chi connectivity index (χ1n) is 11.6. The fraction of sp³-hybridized carbons (Fsp3) is 0.269. The number of halogens is 2. The fourth-order valence-electron chi connectivity index (χ4n) is 4.19. The molecule has 2 aromatic carbocycles. The highest BCUT2D eigenvalue weighted by molar-refractivity contribution is 6.11. The first-order valence-corrected chi connectivity index (χ1v) is 11.6. The zero-order valence-corrected chi connectivity index (χ0v) is 19.4. The molecule has 0 radical (unpaired) electrons. The molecule has 1 fully saturated rings. The average Bonchev–Trinajstić information content (AvgIpc) is 3.34. The number of hydrogen-bond donors (Lipinski definition) is 1. The summed E-state index contributed by atoms with van der Waals surface area (Å²) in [6, 6.07) is 14.8. The maximum Gasteiger partial charge on any atom is 0.266 e. The van der Waals surface area contributed by atoms with Gasteiger partial charge in [0.1, 0.15) is 24.5 Å². The van der Waals surface area contributed by atoms with E-state index in [9.17, 15) is 13.6 Å².